The first-order valence-corrected chi connectivity index (χ1v) is 6.60. The smallest absolute Gasteiger partial charge is 0.300 e. The van der Waals surface area contributed by atoms with Gasteiger partial charge in [0.1, 0.15) is 0 Å². The van der Waals surface area contributed by atoms with Gasteiger partial charge >= 0.3 is 5.69 Å². The van der Waals surface area contributed by atoms with E-state index in [4.69, 9.17) is 0 Å². The molecule has 0 aliphatic heterocycles. The third-order valence-electron chi connectivity index (χ3n) is 3.07. The van der Waals surface area contributed by atoms with Crippen LogP contribution in [0.3, 0.4) is 0 Å². The molecule has 0 bridgehead atoms. The molecule has 2 rings (SSSR count). The fourth-order valence-corrected chi connectivity index (χ4v) is 1.90. The van der Waals surface area contributed by atoms with Crippen LogP contribution in [0, 0.1) is 0 Å². The molecule has 0 aliphatic carbocycles. The zero-order valence-electron chi connectivity index (χ0n) is 11.8. The lowest BCUT2D eigenvalue weighted by Crippen LogP contribution is -2.43. The van der Waals surface area contributed by atoms with Crippen LogP contribution in [0.25, 0.3) is 0 Å². The van der Waals surface area contributed by atoms with Crippen molar-refractivity contribution in [2.45, 2.75) is 25.8 Å². The minimum atomic E-state index is -2.94. The molecule has 0 saturated heterocycles. The maximum absolute atomic E-state index is 12.9. The van der Waals surface area contributed by atoms with Crippen molar-refractivity contribution in [3.05, 3.63) is 69.0 Å². The molecular weight excluding hydrogens is 294 g/mol. The number of halogens is 2. The van der Waals surface area contributed by atoms with E-state index in [1.165, 1.54) is 12.1 Å². The van der Waals surface area contributed by atoms with Gasteiger partial charge < -0.3 is 0 Å². The van der Waals surface area contributed by atoms with Crippen molar-refractivity contribution in [2.24, 2.45) is 0 Å². The normalized spacial score (nSPS) is 11.4. The summed E-state index contributed by atoms with van der Waals surface area (Å²) in [5.74, 6) is -3.72. The summed E-state index contributed by atoms with van der Waals surface area (Å²) in [7, 11) is 0. The van der Waals surface area contributed by atoms with Crippen LogP contribution in [-0.2, 0) is 6.54 Å². The van der Waals surface area contributed by atoms with Crippen molar-refractivity contribution in [3.8, 4) is 0 Å². The molecule has 22 heavy (non-hydrogen) atoms. The molecule has 0 saturated carbocycles. The summed E-state index contributed by atoms with van der Waals surface area (Å²) in [6.45, 7) is 0.452. The third kappa shape index (κ3) is 3.55. The van der Waals surface area contributed by atoms with Gasteiger partial charge in [-0.25, -0.2) is 13.6 Å². The number of aryl methyl sites for hydroxylation is 1. The Bertz CT molecular complexity index is 789. The number of rotatable bonds is 4. The molecule has 0 radical (unpaired) electrons. The maximum atomic E-state index is 12.9. The summed E-state index contributed by atoms with van der Waals surface area (Å²) >= 11 is 0. The molecule has 116 valence electrons. The molecule has 5 nitrogen and oxygen atoms in total. The number of aromatic nitrogens is 2. The molecule has 0 amide bonds. The second kappa shape index (κ2) is 6.05. The summed E-state index contributed by atoms with van der Waals surface area (Å²) in [4.78, 5) is 36.2. The first kappa shape index (κ1) is 15.8. The molecule has 1 aromatic heterocycles. The van der Waals surface area contributed by atoms with Gasteiger partial charge in [-0.05, 0) is 19.1 Å². The van der Waals surface area contributed by atoms with Gasteiger partial charge in [-0.15, -0.1) is 0 Å². The quantitative estimate of drug-likeness (QED) is 0.864. The van der Waals surface area contributed by atoms with Crippen molar-refractivity contribution in [1.29, 1.82) is 0 Å². The standard InChI is InChI=1S/C15H14F2N2O3/c1-15(16,17)8-10-18-9-7-12(20)19(14(18)22)13(21)11-5-3-2-4-6-11/h2-7,9H,8,10H2,1H3. The van der Waals surface area contributed by atoms with Crippen molar-refractivity contribution in [1.82, 2.24) is 9.13 Å². The van der Waals surface area contributed by atoms with Crippen molar-refractivity contribution < 1.29 is 13.6 Å². The lowest BCUT2D eigenvalue weighted by atomic mass is 10.2. The number of alkyl halides is 2. The van der Waals surface area contributed by atoms with Crippen LogP contribution in [-0.4, -0.2) is 21.0 Å². The average Bonchev–Trinajstić information content (AvgIpc) is 2.46. The molecule has 0 unspecified atom stereocenters. The molecule has 1 heterocycles. The third-order valence-corrected chi connectivity index (χ3v) is 3.07. The molecular formula is C15H14F2N2O3. The Kier molecular flexibility index (Phi) is 4.35. The van der Waals surface area contributed by atoms with Crippen LogP contribution in [0.5, 0.6) is 0 Å². The predicted molar refractivity (Wildman–Crippen MR) is 76.4 cm³/mol. The molecule has 0 spiro atoms. The summed E-state index contributed by atoms with van der Waals surface area (Å²) in [5, 5.41) is 0. The average molecular weight is 308 g/mol. The fraction of sp³-hybridized carbons (Fsp3) is 0.267. The Hall–Kier alpha value is -2.57. The highest BCUT2D eigenvalue weighted by Crippen LogP contribution is 2.16. The Morgan fingerprint density at radius 2 is 1.77 bits per heavy atom. The van der Waals surface area contributed by atoms with E-state index in [1.807, 2.05) is 0 Å². The van der Waals surface area contributed by atoms with Gasteiger partial charge in [0, 0.05) is 30.8 Å². The number of carbonyl (C=O) groups is 1. The highest BCUT2D eigenvalue weighted by Gasteiger charge is 2.22. The van der Waals surface area contributed by atoms with E-state index in [0.29, 0.717) is 4.57 Å². The summed E-state index contributed by atoms with van der Waals surface area (Å²) in [5.41, 5.74) is -1.55. The molecule has 0 atom stereocenters. The summed E-state index contributed by atoms with van der Waals surface area (Å²) in [6.07, 6.45) is 0.551. The highest BCUT2D eigenvalue weighted by molar-refractivity contribution is 5.95. The van der Waals surface area contributed by atoms with E-state index in [0.717, 1.165) is 23.8 Å². The Morgan fingerprint density at radius 3 is 2.36 bits per heavy atom. The zero-order chi connectivity index (χ0) is 16.3. The lowest BCUT2D eigenvalue weighted by Gasteiger charge is -2.12. The summed E-state index contributed by atoms with van der Waals surface area (Å²) in [6, 6.07) is 8.81. The topological polar surface area (TPSA) is 61.1 Å². The minimum absolute atomic E-state index is 0.167. The molecule has 7 heteroatoms. The number of hydrogen-bond donors (Lipinski definition) is 0. The number of hydrogen-bond acceptors (Lipinski definition) is 3. The van der Waals surface area contributed by atoms with Crippen LogP contribution >= 0.6 is 0 Å². The summed E-state index contributed by atoms with van der Waals surface area (Å²) < 4.78 is 27.2. The van der Waals surface area contributed by atoms with Gasteiger partial charge in [-0.2, -0.15) is 4.57 Å². The Balaban J connectivity index is 2.42. The molecule has 1 aromatic carbocycles. The first-order chi connectivity index (χ1) is 10.3. The number of benzene rings is 1. The first-order valence-electron chi connectivity index (χ1n) is 6.60. The van der Waals surface area contributed by atoms with Crippen LogP contribution in [0.2, 0.25) is 0 Å². The van der Waals surface area contributed by atoms with E-state index in [-0.39, 0.29) is 12.1 Å². The van der Waals surface area contributed by atoms with Crippen LogP contribution in [0.4, 0.5) is 8.78 Å². The minimum Gasteiger partial charge on any atom is -0.300 e. The van der Waals surface area contributed by atoms with E-state index in [9.17, 15) is 23.2 Å². The van der Waals surface area contributed by atoms with Gasteiger partial charge in [0.25, 0.3) is 11.5 Å². The second-order valence-electron chi connectivity index (χ2n) is 4.96. The van der Waals surface area contributed by atoms with Gasteiger partial charge in [0.05, 0.1) is 0 Å². The molecule has 0 aliphatic rings. The maximum Gasteiger partial charge on any atom is 0.338 e. The van der Waals surface area contributed by atoms with Crippen molar-refractivity contribution in [2.75, 3.05) is 0 Å². The van der Waals surface area contributed by atoms with E-state index >= 15 is 0 Å². The molecule has 0 fully saturated rings. The monoisotopic (exact) mass is 308 g/mol. The van der Waals surface area contributed by atoms with E-state index in [2.05, 4.69) is 0 Å². The van der Waals surface area contributed by atoms with E-state index < -0.39 is 29.5 Å². The van der Waals surface area contributed by atoms with Gasteiger partial charge in [-0.3, -0.25) is 14.2 Å². The SMILES string of the molecule is CC(F)(F)CCn1ccc(=O)n(C(=O)c2ccccc2)c1=O. The van der Waals surface area contributed by atoms with Crippen LogP contribution < -0.4 is 11.2 Å². The van der Waals surface area contributed by atoms with Crippen LogP contribution in [0.15, 0.2) is 52.2 Å². The Labute approximate surface area is 124 Å². The number of carbonyl (C=O) groups excluding carboxylic acids is 1. The second-order valence-corrected chi connectivity index (χ2v) is 4.96. The van der Waals surface area contributed by atoms with Gasteiger partial charge in [0.2, 0.25) is 5.92 Å². The van der Waals surface area contributed by atoms with Crippen molar-refractivity contribution in [3.63, 3.8) is 0 Å². The fourth-order valence-electron chi connectivity index (χ4n) is 1.90. The van der Waals surface area contributed by atoms with Crippen molar-refractivity contribution >= 4 is 5.91 Å². The molecule has 2 aromatic rings. The van der Waals surface area contributed by atoms with Gasteiger partial charge in [-0.1, -0.05) is 18.2 Å². The highest BCUT2D eigenvalue weighted by atomic mass is 19.3. The van der Waals surface area contributed by atoms with E-state index in [1.54, 1.807) is 18.2 Å². The van der Waals surface area contributed by atoms with Crippen LogP contribution in [0.1, 0.15) is 23.7 Å². The predicted octanol–water partition coefficient (Wildman–Crippen LogP) is 1.74. The lowest BCUT2D eigenvalue weighted by molar-refractivity contribution is 0.00830. The number of nitrogens with zero attached hydrogens (tertiary/aromatic N) is 2. The molecule has 0 N–H and O–H groups in total. The zero-order valence-corrected chi connectivity index (χ0v) is 11.8. The largest absolute Gasteiger partial charge is 0.338 e. The van der Waals surface area contributed by atoms with Gasteiger partial charge in [0.15, 0.2) is 0 Å². The Morgan fingerprint density at radius 1 is 1.14 bits per heavy atom.